The van der Waals surface area contributed by atoms with Gasteiger partial charge in [0.05, 0.1) is 12.5 Å². The normalized spacial score (nSPS) is 26.4. The number of halogens is 1. The van der Waals surface area contributed by atoms with Gasteiger partial charge >= 0.3 is 0 Å². The zero-order chi connectivity index (χ0) is 31.3. The van der Waals surface area contributed by atoms with E-state index in [1.54, 1.807) is 0 Å². The zero-order valence-corrected chi connectivity index (χ0v) is 27.8. The molecular weight excluding hydrogens is 616 g/mol. The Morgan fingerprint density at radius 3 is 1.44 bits per heavy atom. The van der Waals surface area contributed by atoms with Gasteiger partial charge in [0.15, 0.2) is 0 Å². The highest BCUT2D eigenvalue weighted by Crippen LogP contribution is 2.35. The molecule has 0 bridgehead atoms. The number of piperidine rings is 2. The van der Waals surface area contributed by atoms with E-state index in [1.807, 2.05) is 0 Å². The first-order chi connectivity index (χ1) is 20.2. The van der Waals surface area contributed by atoms with Crippen molar-refractivity contribution in [1.82, 2.24) is 20.3 Å². The van der Waals surface area contributed by atoms with Crippen molar-refractivity contribution < 1.29 is 26.4 Å². The molecule has 0 radical (unpaired) electrons. The fourth-order valence-electron chi connectivity index (χ4n) is 6.93. The number of hydrogen-bond donors (Lipinski definition) is 3. The maximum Gasteiger partial charge on any atom is 0.253 e. The predicted octanol–water partition coefficient (Wildman–Crippen LogP) is 2.29. The Hall–Kier alpha value is -1.61. The van der Waals surface area contributed by atoms with Crippen LogP contribution in [0, 0.1) is 11.8 Å². The van der Waals surface area contributed by atoms with E-state index in [-0.39, 0.29) is 11.8 Å². The van der Waals surface area contributed by atoms with E-state index in [1.165, 1.54) is 61.9 Å². The molecule has 3 N–H and O–H groups in total. The standard InChI is InChI=1S/C14H23N3O3S.C13H21N3O.CH3ClO2S/c1-21(19,20)17-9-7-14(8-10-17)13(18)15-12(16-14)11-5-3-2-4-6-11;17-12-13(6-8-14-9-7-13)16-11(15-12)10-4-2-1-3-5-10;1-5(2,3)4/h11H,2-10H2,1H3,(H,15,16,18);10,14H,1-9H2,(H,15,16,17);1H3. The second-order valence-corrected chi connectivity index (χ2v) is 17.8. The van der Waals surface area contributed by atoms with Gasteiger partial charge in [-0.05, 0) is 64.5 Å². The molecule has 0 atom stereocenters. The van der Waals surface area contributed by atoms with Gasteiger partial charge in [-0.25, -0.2) is 21.1 Å². The van der Waals surface area contributed by atoms with Gasteiger partial charge in [-0.2, -0.15) is 0 Å². The van der Waals surface area contributed by atoms with Crippen molar-refractivity contribution in [2.75, 3.05) is 38.7 Å². The number of nitrogens with zero attached hydrogens (tertiary/aromatic N) is 3. The number of carbonyl (C=O) groups is 2. The Balaban J connectivity index is 0.000000173. The Labute approximate surface area is 260 Å². The summed E-state index contributed by atoms with van der Waals surface area (Å²) in [5, 5.41) is 9.35. The second kappa shape index (κ2) is 14.2. The van der Waals surface area contributed by atoms with Crippen LogP contribution in [0.3, 0.4) is 0 Å². The smallest absolute Gasteiger partial charge is 0.253 e. The van der Waals surface area contributed by atoms with Crippen molar-refractivity contribution >= 4 is 53.2 Å². The van der Waals surface area contributed by atoms with Crippen molar-refractivity contribution in [1.29, 1.82) is 0 Å². The second-order valence-electron chi connectivity index (χ2n) is 12.7. The molecule has 2 aliphatic carbocycles. The molecule has 43 heavy (non-hydrogen) atoms. The van der Waals surface area contributed by atoms with Crippen molar-refractivity contribution in [3.8, 4) is 0 Å². The fraction of sp³-hybridized carbons (Fsp3) is 0.857. The van der Waals surface area contributed by atoms with Crippen LogP contribution < -0.4 is 16.0 Å². The summed E-state index contributed by atoms with van der Waals surface area (Å²) < 4.78 is 43.4. The summed E-state index contributed by atoms with van der Waals surface area (Å²) in [7, 11) is -1.86. The molecule has 12 nitrogen and oxygen atoms in total. The first-order valence-corrected chi connectivity index (χ1v) is 20.2. The van der Waals surface area contributed by atoms with Crippen molar-refractivity contribution in [2.45, 2.75) is 101 Å². The Morgan fingerprint density at radius 1 is 0.698 bits per heavy atom. The van der Waals surface area contributed by atoms with Gasteiger partial charge in [-0.1, -0.05) is 38.5 Å². The van der Waals surface area contributed by atoms with Crippen LogP contribution in [0.4, 0.5) is 0 Å². The minimum atomic E-state index is -3.19. The molecule has 0 aromatic heterocycles. The maximum absolute atomic E-state index is 12.4. The molecule has 4 heterocycles. The Bertz CT molecular complexity index is 1280. The van der Waals surface area contributed by atoms with Crippen LogP contribution in [0.15, 0.2) is 9.98 Å². The summed E-state index contributed by atoms with van der Waals surface area (Å²) in [6, 6.07) is 0. The number of nitrogens with one attached hydrogen (secondary N) is 3. The van der Waals surface area contributed by atoms with Crippen LogP contribution in [-0.2, 0) is 28.7 Å². The lowest BCUT2D eigenvalue weighted by Gasteiger charge is -2.34. The van der Waals surface area contributed by atoms with Gasteiger partial charge in [0.25, 0.3) is 11.8 Å². The highest BCUT2D eigenvalue weighted by atomic mass is 35.7. The molecular formula is C28H47ClN6O6S2. The van der Waals surface area contributed by atoms with Crippen molar-refractivity contribution in [3.63, 3.8) is 0 Å². The summed E-state index contributed by atoms with van der Waals surface area (Å²) in [5.41, 5.74) is -1.13. The molecule has 2 saturated carbocycles. The predicted molar refractivity (Wildman–Crippen MR) is 168 cm³/mol. The first kappa shape index (κ1) is 34.3. The van der Waals surface area contributed by atoms with Crippen molar-refractivity contribution in [3.05, 3.63) is 0 Å². The zero-order valence-electron chi connectivity index (χ0n) is 25.4. The molecule has 4 aliphatic heterocycles. The Morgan fingerprint density at radius 2 is 1.07 bits per heavy atom. The molecule has 2 saturated heterocycles. The first-order valence-electron chi connectivity index (χ1n) is 15.6. The average molecular weight is 663 g/mol. The van der Waals surface area contributed by atoms with E-state index in [0.29, 0.717) is 37.8 Å². The van der Waals surface area contributed by atoms with Crippen LogP contribution >= 0.6 is 10.7 Å². The van der Waals surface area contributed by atoms with Gasteiger partial charge < -0.3 is 16.0 Å². The number of carbonyl (C=O) groups excluding carboxylic acids is 2. The maximum atomic E-state index is 12.4. The van der Waals surface area contributed by atoms with Crippen LogP contribution in [0.5, 0.6) is 0 Å². The van der Waals surface area contributed by atoms with Gasteiger partial charge in [0.1, 0.15) is 22.7 Å². The summed E-state index contributed by atoms with van der Waals surface area (Å²) in [6.45, 7) is 2.59. The minimum absolute atomic E-state index is 0.0313. The topological polar surface area (TPSA) is 166 Å². The number of amides is 2. The number of sulfonamides is 1. The van der Waals surface area contributed by atoms with E-state index in [9.17, 15) is 26.4 Å². The highest BCUT2D eigenvalue weighted by molar-refractivity contribution is 8.13. The van der Waals surface area contributed by atoms with E-state index in [4.69, 9.17) is 9.98 Å². The molecule has 0 aromatic rings. The number of rotatable bonds is 3. The van der Waals surface area contributed by atoms with Gasteiger partial charge in [0, 0.05) is 35.6 Å². The van der Waals surface area contributed by atoms with Crippen LogP contribution in [0.2, 0.25) is 0 Å². The highest BCUT2D eigenvalue weighted by Gasteiger charge is 2.48. The summed E-state index contributed by atoms with van der Waals surface area (Å²) >= 11 is 0. The third-order valence-corrected chi connectivity index (χ3v) is 10.7. The lowest BCUT2D eigenvalue weighted by Crippen LogP contribution is -2.50. The fourth-order valence-corrected chi connectivity index (χ4v) is 7.77. The SMILES string of the molecule is CS(=O)(=O)Cl.CS(=O)(=O)N1CCC2(CC1)N=C(C1CCCCC1)NC2=O.O=C1NC(C2CCCCC2)=NC12CCNCC2. The molecule has 0 unspecified atom stereocenters. The van der Waals surface area contributed by atoms with Crippen molar-refractivity contribution in [2.24, 2.45) is 21.8 Å². The van der Waals surface area contributed by atoms with E-state index in [2.05, 4.69) is 26.6 Å². The number of amidine groups is 2. The molecule has 4 fully saturated rings. The largest absolute Gasteiger partial charge is 0.317 e. The van der Waals surface area contributed by atoms with Crippen LogP contribution in [0.1, 0.15) is 89.9 Å². The monoisotopic (exact) mass is 662 g/mol. The van der Waals surface area contributed by atoms with Gasteiger partial charge in [0.2, 0.25) is 19.1 Å². The van der Waals surface area contributed by atoms with Gasteiger partial charge in [-0.3, -0.25) is 19.6 Å². The number of aliphatic imine (C=N–C) groups is 2. The molecule has 2 amide bonds. The lowest BCUT2D eigenvalue weighted by atomic mass is 9.88. The summed E-state index contributed by atoms with van der Waals surface area (Å²) in [5.74, 6) is 2.87. The van der Waals surface area contributed by atoms with Gasteiger partial charge in [-0.15, -0.1) is 0 Å². The average Bonchev–Trinajstić information content (AvgIpc) is 3.45. The molecule has 0 aromatic carbocycles. The van der Waals surface area contributed by atoms with Crippen LogP contribution in [0.25, 0.3) is 0 Å². The summed E-state index contributed by atoms with van der Waals surface area (Å²) in [6.07, 6.45) is 17.0. The molecule has 6 rings (SSSR count). The van der Waals surface area contributed by atoms with E-state index in [0.717, 1.165) is 56.7 Å². The number of hydrogen-bond acceptors (Lipinski definition) is 9. The Kier molecular flexibility index (Phi) is 11.3. The minimum Gasteiger partial charge on any atom is -0.317 e. The third-order valence-electron chi connectivity index (χ3n) is 9.43. The molecule has 244 valence electrons. The molecule has 2 spiro atoms. The van der Waals surface area contributed by atoms with Crippen LogP contribution in [-0.4, -0.2) is 94.4 Å². The lowest BCUT2D eigenvalue weighted by molar-refractivity contribution is -0.125. The quantitative estimate of drug-likeness (QED) is 0.390. The third kappa shape index (κ3) is 9.21. The summed E-state index contributed by atoms with van der Waals surface area (Å²) in [4.78, 5) is 34.1. The molecule has 15 heteroatoms. The molecule has 6 aliphatic rings. The van der Waals surface area contributed by atoms with E-state index >= 15 is 0 Å². The van der Waals surface area contributed by atoms with E-state index < -0.39 is 30.2 Å².